The molecule has 2 rings (SSSR count). The standard InChI is InChI=1S/C15H19N3O6S/c1-23-8-4-7-16-13(19)10-24-14(20)9-17-15-11-5-2-3-6-12(11)25(21,22)18-15/h2-3,5-6H,4,7-10H2,1H3,(H,16,19)(H,17,18). The van der Waals surface area contributed by atoms with E-state index < -0.39 is 35.1 Å². The predicted octanol–water partition coefficient (Wildman–Crippen LogP) is -0.579. The largest absolute Gasteiger partial charge is 0.454 e. The van der Waals surface area contributed by atoms with Crippen molar-refractivity contribution in [1.82, 2.24) is 10.0 Å². The molecule has 0 aliphatic carbocycles. The van der Waals surface area contributed by atoms with Gasteiger partial charge < -0.3 is 14.8 Å². The van der Waals surface area contributed by atoms with Crippen LogP contribution in [0.3, 0.4) is 0 Å². The van der Waals surface area contributed by atoms with Gasteiger partial charge in [0.05, 0.1) is 4.90 Å². The number of carbonyl (C=O) groups excluding carboxylic acids is 2. The molecule has 0 fully saturated rings. The van der Waals surface area contributed by atoms with Gasteiger partial charge in [-0.15, -0.1) is 0 Å². The molecular formula is C15H19N3O6S. The van der Waals surface area contributed by atoms with Gasteiger partial charge in [0.15, 0.2) is 6.61 Å². The molecule has 2 N–H and O–H groups in total. The molecule has 1 amide bonds. The molecule has 0 saturated heterocycles. The molecule has 0 aromatic heterocycles. The lowest BCUT2D eigenvalue weighted by Crippen LogP contribution is -2.30. The summed E-state index contributed by atoms with van der Waals surface area (Å²) in [6, 6.07) is 6.31. The van der Waals surface area contributed by atoms with Crippen LogP contribution in [0.2, 0.25) is 0 Å². The van der Waals surface area contributed by atoms with Gasteiger partial charge in [0.25, 0.3) is 15.9 Å². The zero-order valence-corrected chi connectivity index (χ0v) is 14.5. The second-order valence-electron chi connectivity index (χ2n) is 5.12. The number of methoxy groups -OCH3 is 1. The number of carbonyl (C=O) groups is 2. The monoisotopic (exact) mass is 369 g/mol. The van der Waals surface area contributed by atoms with Crippen molar-refractivity contribution in [2.75, 3.05) is 33.4 Å². The van der Waals surface area contributed by atoms with E-state index >= 15 is 0 Å². The average molecular weight is 369 g/mol. The number of rotatable bonds is 8. The summed E-state index contributed by atoms with van der Waals surface area (Å²) in [5.41, 5.74) is 0.395. The fourth-order valence-corrected chi connectivity index (χ4v) is 3.33. The van der Waals surface area contributed by atoms with Crippen LogP contribution in [-0.2, 0) is 29.1 Å². The van der Waals surface area contributed by atoms with Crippen LogP contribution in [-0.4, -0.2) is 59.5 Å². The first-order chi connectivity index (χ1) is 11.9. The van der Waals surface area contributed by atoms with E-state index in [1.165, 1.54) is 6.07 Å². The quantitative estimate of drug-likeness (QED) is 0.467. The SMILES string of the molecule is COCCCNC(=O)COC(=O)CN=C1NS(=O)(=O)c2ccccc21. The van der Waals surface area contributed by atoms with Crippen molar-refractivity contribution in [3.05, 3.63) is 29.8 Å². The van der Waals surface area contributed by atoms with Crippen LogP contribution in [0.15, 0.2) is 34.2 Å². The van der Waals surface area contributed by atoms with Crippen molar-refractivity contribution >= 4 is 27.7 Å². The molecule has 25 heavy (non-hydrogen) atoms. The Bertz CT molecular complexity index is 775. The summed E-state index contributed by atoms with van der Waals surface area (Å²) in [5, 5.41) is 2.57. The number of amidine groups is 1. The van der Waals surface area contributed by atoms with Crippen LogP contribution < -0.4 is 10.0 Å². The van der Waals surface area contributed by atoms with E-state index in [-0.39, 0.29) is 10.7 Å². The van der Waals surface area contributed by atoms with Gasteiger partial charge in [-0.05, 0) is 18.6 Å². The van der Waals surface area contributed by atoms with Gasteiger partial charge in [-0.2, -0.15) is 0 Å². The van der Waals surface area contributed by atoms with Crippen molar-refractivity contribution in [2.24, 2.45) is 4.99 Å². The van der Waals surface area contributed by atoms with Crippen LogP contribution in [0.4, 0.5) is 0 Å². The van der Waals surface area contributed by atoms with Crippen LogP contribution in [0.5, 0.6) is 0 Å². The maximum Gasteiger partial charge on any atom is 0.328 e. The summed E-state index contributed by atoms with van der Waals surface area (Å²) in [7, 11) is -2.09. The summed E-state index contributed by atoms with van der Waals surface area (Å²) in [4.78, 5) is 27.1. The molecule has 0 unspecified atom stereocenters. The van der Waals surface area contributed by atoms with Gasteiger partial charge >= 0.3 is 5.97 Å². The molecule has 0 radical (unpaired) electrons. The van der Waals surface area contributed by atoms with Crippen molar-refractivity contribution in [1.29, 1.82) is 0 Å². The molecule has 1 heterocycles. The average Bonchev–Trinajstić information content (AvgIpc) is 2.86. The lowest BCUT2D eigenvalue weighted by Gasteiger charge is -2.05. The normalized spacial score (nSPS) is 16.1. The van der Waals surface area contributed by atoms with Gasteiger partial charge in [-0.25, -0.2) is 8.42 Å². The maximum atomic E-state index is 11.9. The van der Waals surface area contributed by atoms with Crippen molar-refractivity contribution < 1.29 is 27.5 Å². The number of hydrogen-bond donors (Lipinski definition) is 2. The Labute approximate surface area is 145 Å². The minimum absolute atomic E-state index is 0.0802. The van der Waals surface area contributed by atoms with Gasteiger partial charge in [0.2, 0.25) is 0 Å². The number of fused-ring (bicyclic) bond motifs is 1. The summed E-state index contributed by atoms with van der Waals surface area (Å²) >= 11 is 0. The van der Waals surface area contributed by atoms with E-state index in [9.17, 15) is 18.0 Å². The van der Waals surface area contributed by atoms with Crippen LogP contribution in [0.25, 0.3) is 0 Å². The maximum absolute atomic E-state index is 11.9. The molecule has 0 atom stereocenters. The van der Waals surface area contributed by atoms with E-state index in [1.807, 2.05) is 0 Å². The van der Waals surface area contributed by atoms with Gasteiger partial charge in [0, 0.05) is 25.8 Å². The molecule has 9 nitrogen and oxygen atoms in total. The number of ether oxygens (including phenoxy) is 2. The molecule has 10 heteroatoms. The van der Waals surface area contributed by atoms with Crippen molar-refractivity contribution in [3.63, 3.8) is 0 Å². The number of amides is 1. The molecule has 1 aliphatic rings. The minimum atomic E-state index is -3.65. The number of nitrogens with one attached hydrogen (secondary N) is 2. The highest BCUT2D eigenvalue weighted by atomic mass is 32.2. The Morgan fingerprint density at radius 1 is 1.28 bits per heavy atom. The lowest BCUT2D eigenvalue weighted by molar-refractivity contribution is -0.147. The zero-order valence-electron chi connectivity index (χ0n) is 13.6. The second kappa shape index (κ2) is 8.58. The molecule has 136 valence electrons. The fourth-order valence-electron chi connectivity index (χ4n) is 2.08. The number of sulfonamides is 1. The van der Waals surface area contributed by atoms with E-state index in [4.69, 9.17) is 9.47 Å². The highest BCUT2D eigenvalue weighted by Crippen LogP contribution is 2.21. The van der Waals surface area contributed by atoms with E-state index in [0.29, 0.717) is 25.1 Å². The molecule has 1 aliphatic heterocycles. The van der Waals surface area contributed by atoms with Crippen LogP contribution in [0, 0.1) is 0 Å². The Balaban J connectivity index is 1.82. The number of hydrogen-bond acceptors (Lipinski definition) is 7. The molecule has 0 saturated carbocycles. The molecule has 1 aromatic carbocycles. The predicted molar refractivity (Wildman–Crippen MR) is 88.6 cm³/mol. The topological polar surface area (TPSA) is 123 Å². The van der Waals surface area contributed by atoms with E-state index in [0.717, 1.165) is 0 Å². The minimum Gasteiger partial charge on any atom is -0.454 e. The third kappa shape index (κ3) is 5.26. The van der Waals surface area contributed by atoms with Gasteiger partial charge in [-0.3, -0.25) is 19.3 Å². The van der Waals surface area contributed by atoms with Crippen molar-refractivity contribution in [2.45, 2.75) is 11.3 Å². The van der Waals surface area contributed by atoms with Gasteiger partial charge in [0.1, 0.15) is 12.4 Å². The third-order valence-electron chi connectivity index (χ3n) is 3.24. The number of aliphatic imine (C=N–C) groups is 1. The second-order valence-corrected chi connectivity index (χ2v) is 6.77. The zero-order chi connectivity index (χ0) is 18.3. The molecule has 0 bridgehead atoms. The number of nitrogens with zero attached hydrogens (tertiary/aromatic N) is 1. The number of esters is 1. The van der Waals surface area contributed by atoms with Crippen molar-refractivity contribution in [3.8, 4) is 0 Å². The molecule has 0 spiro atoms. The summed E-state index contributed by atoms with van der Waals surface area (Å²) in [6.07, 6.45) is 0.656. The third-order valence-corrected chi connectivity index (χ3v) is 4.64. The Kier molecular flexibility index (Phi) is 6.48. The first-order valence-corrected chi connectivity index (χ1v) is 9.00. The highest BCUT2D eigenvalue weighted by Gasteiger charge is 2.30. The summed E-state index contributed by atoms with van der Waals surface area (Å²) in [6.45, 7) is 0.127. The molecule has 1 aromatic rings. The summed E-state index contributed by atoms with van der Waals surface area (Å²) in [5.74, 6) is -1.08. The van der Waals surface area contributed by atoms with E-state index in [1.54, 1.807) is 25.3 Å². The fraction of sp³-hybridized carbons (Fsp3) is 0.400. The Morgan fingerprint density at radius 3 is 2.80 bits per heavy atom. The Morgan fingerprint density at radius 2 is 2.04 bits per heavy atom. The first kappa shape index (κ1) is 18.9. The molecular weight excluding hydrogens is 350 g/mol. The lowest BCUT2D eigenvalue weighted by atomic mass is 10.2. The summed E-state index contributed by atoms with van der Waals surface area (Å²) < 4.78 is 35.7. The highest BCUT2D eigenvalue weighted by molar-refractivity contribution is 7.90. The first-order valence-electron chi connectivity index (χ1n) is 7.52. The van der Waals surface area contributed by atoms with Gasteiger partial charge in [-0.1, -0.05) is 12.1 Å². The smallest absolute Gasteiger partial charge is 0.328 e. The number of benzene rings is 1. The van der Waals surface area contributed by atoms with E-state index in [2.05, 4.69) is 15.0 Å². The Hall–Kier alpha value is -2.46. The van der Waals surface area contributed by atoms with Crippen LogP contribution in [0.1, 0.15) is 12.0 Å². The van der Waals surface area contributed by atoms with Crippen LogP contribution >= 0.6 is 0 Å².